The molecule has 7 heteroatoms. The molecule has 0 radical (unpaired) electrons. The number of rotatable bonds is 5. The van der Waals surface area contributed by atoms with Crippen molar-refractivity contribution >= 4 is 11.3 Å². The van der Waals surface area contributed by atoms with E-state index in [1.807, 2.05) is 0 Å². The second kappa shape index (κ2) is 8.65. The molecule has 2 aromatic carbocycles. The summed E-state index contributed by atoms with van der Waals surface area (Å²) in [6.45, 7) is 4.77. The molecule has 1 fully saturated rings. The van der Waals surface area contributed by atoms with Crippen LogP contribution in [0.2, 0.25) is 0 Å². The van der Waals surface area contributed by atoms with E-state index in [2.05, 4.69) is 52.2 Å². The Hall–Kier alpha value is -3.74. The van der Waals surface area contributed by atoms with Gasteiger partial charge in [0.15, 0.2) is 17.3 Å². The summed E-state index contributed by atoms with van der Waals surface area (Å²) >= 11 is 0. The van der Waals surface area contributed by atoms with Gasteiger partial charge < -0.3 is 9.64 Å². The second-order valence-corrected chi connectivity index (χ2v) is 8.07. The van der Waals surface area contributed by atoms with Gasteiger partial charge in [-0.3, -0.25) is 0 Å². The number of halogens is 2. The van der Waals surface area contributed by atoms with E-state index in [4.69, 9.17) is 4.74 Å². The second-order valence-electron chi connectivity index (χ2n) is 8.07. The van der Waals surface area contributed by atoms with Gasteiger partial charge in [0.25, 0.3) is 0 Å². The Morgan fingerprint density at radius 2 is 1.88 bits per heavy atom. The third-order valence-corrected chi connectivity index (χ3v) is 6.02. The Kier molecular flexibility index (Phi) is 5.54. The standard InChI is InChI=1S/C26H24F2N4O/c1-3-19-6-5-15-31(19)20-11-9-18(10-12-20)23-16-29-24-13-14-25(30-32(23)24)33-17(2)21-7-4-8-22(27)26(21)28/h3-4,7-14,16-17H,5-6,15H2,1-2H3/b19-3+. The summed E-state index contributed by atoms with van der Waals surface area (Å²) in [6.07, 6.45) is 5.51. The molecule has 5 nitrogen and oxygen atoms in total. The predicted octanol–water partition coefficient (Wildman–Crippen LogP) is 6.32. The van der Waals surface area contributed by atoms with Gasteiger partial charge in [0.1, 0.15) is 6.10 Å². The molecule has 4 aromatic rings. The minimum Gasteiger partial charge on any atom is -0.469 e. The average molecular weight is 447 g/mol. The van der Waals surface area contributed by atoms with Gasteiger partial charge in [-0.25, -0.2) is 18.3 Å². The van der Waals surface area contributed by atoms with Gasteiger partial charge in [0.2, 0.25) is 5.88 Å². The lowest BCUT2D eigenvalue weighted by Gasteiger charge is -2.20. The van der Waals surface area contributed by atoms with E-state index in [1.54, 1.807) is 29.8 Å². The van der Waals surface area contributed by atoms with E-state index in [0.29, 0.717) is 11.5 Å². The van der Waals surface area contributed by atoms with Crippen molar-refractivity contribution in [2.24, 2.45) is 0 Å². The predicted molar refractivity (Wildman–Crippen MR) is 124 cm³/mol. The highest BCUT2D eigenvalue weighted by atomic mass is 19.2. The molecule has 1 aliphatic heterocycles. The lowest BCUT2D eigenvalue weighted by atomic mass is 10.1. The number of benzene rings is 2. The number of hydrogen-bond acceptors (Lipinski definition) is 4. The number of allylic oxidation sites excluding steroid dienone is 2. The summed E-state index contributed by atoms with van der Waals surface area (Å²) in [5, 5.41) is 4.55. The summed E-state index contributed by atoms with van der Waals surface area (Å²) in [4.78, 5) is 6.78. The number of anilines is 1. The number of ether oxygens (including phenoxy) is 1. The molecule has 0 spiro atoms. The fraction of sp³-hybridized carbons (Fsp3) is 0.231. The zero-order valence-electron chi connectivity index (χ0n) is 18.5. The van der Waals surface area contributed by atoms with Gasteiger partial charge in [0.05, 0.1) is 11.9 Å². The fourth-order valence-electron chi connectivity index (χ4n) is 4.30. The Bertz CT molecular complexity index is 1330. The molecule has 3 heterocycles. The highest BCUT2D eigenvalue weighted by molar-refractivity contribution is 5.67. The van der Waals surface area contributed by atoms with Gasteiger partial charge >= 0.3 is 0 Å². The van der Waals surface area contributed by atoms with Gasteiger partial charge in [-0.05, 0) is 51.0 Å². The highest BCUT2D eigenvalue weighted by Gasteiger charge is 2.19. The van der Waals surface area contributed by atoms with Crippen molar-refractivity contribution in [2.45, 2.75) is 32.8 Å². The first-order chi connectivity index (χ1) is 16.0. The van der Waals surface area contributed by atoms with E-state index >= 15 is 0 Å². The van der Waals surface area contributed by atoms with Crippen LogP contribution in [0.3, 0.4) is 0 Å². The van der Waals surface area contributed by atoms with Gasteiger partial charge in [-0.1, -0.05) is 30.3 Å². The monoisotopic (exact) mass is 446 g/mol. The van der Waals surface area contributed by atoms with Crippen LogP contribution >= 0.6 is 0 Å². The molecule has 0 saturated carbocycles. The van der Waals surface area contributed by atoms with E-state index in [0.717, 1.165) is 30.3 Å². The van der Waals surface area contributed by atoms with E-state index < -0.39 is 17.7 Å². The summed E-state index contributed by atoms with van der Waals surface area (Å²) in [6, 6.07) is 15.9. The molecule has 0 amide bonds. The normalized spacial score (nSPS) is 16.0. The number of imidazole rings is 1. The molecule has 33 heavy (non-hydrogen) atoms. The largest absolute Gasteiger partial charge is 0.469 e. The van der Waals surface area contributed by atoms with Crippen molar-refractivity contribution in [1.29, 1.82) is 0 Å². The minimum atomic E-state index is -0.909. The molecule has 168 valence electrons. The Morgan fingerprint density at radius 1 is 1.06 bits per heavy atom. The lowest BCUT2D eigenvalue weighted by Crippen LogP contribution is -2.15. The van der Waals surface area contributed by atoms with Crippen LogP contribution in [0.1, 0.15) is 38.4 Å². The number of aromatic nitrogens is 3. The molecule has 0 bridgehead atoms. The Labute approximate surface area is 191 Å². The van der Waals surface area contributed by atoms with Crippen molar-refractivity contribution in [3.05, 3.63) is 89.8 Å². The van der Waals surface area contributed by atoms with Crippen LogP contribution < -0.4 is 9.64 Å². The van der Waals surface area contributed by atoms with Crippen molar-refractivity contribution in [1.82, 2.24) is 14.6 Å². The maximum Gasteiger partial charge on any atom is 0.232 e. The first-order valence-corrected chi connectivity index (χ1v) is 11.0. The topological polar surface area (TPSA) is 42.7 Å². The van der Waals surface area contributed by atoms with Crippen LogP contribution in [0.4, 0.5) is 14.5 Å². The third kappa shape index (κ3) is 3.95. The number of hydrogen-bond donors (Lipinski definition) is 0. The van der Waals surface area contributed by atoms with Crippen molar-refractivity contribution in [2.75, 3.05) is 11.4 Å². The zero-order chi connectivity index (χ0) is 22.9. The maximum atomic E-state index is 14.1. The van der Waals surface area contributed by atoms with Crippen LogP contribution in [0.25, 0.3) is 16.9 Å². The zero-order valence-corrected chi connectivity index (χ0v) is 18.5. The molecule has 2 aromatic heterocycles. The van der Waals surface area contributed by atoms with E-state index in [-0.39, 0.29) is 5.56 Å². The quantitative estimate of drug-likeness (QED) is 0.360. The number of nitrogens with zero attached hydrogens (tertiary/aromatic N) is 4. The SMILES string of the molecule is C/C=C1\CCCN1c1ccc(-c2cnc3ccc(OC(C)c4cccc(F)c4F)nn23)cc1. The summed E-state index contributed by atoms with van der Waals surface area (Å²) < 4.78 is 35.3. The molecule has 5 rings (SSSR count). The van der Waals surface area contributed by atoms with Crippen LogP contribution in [0, 0.1) is 11.6 Å². The molecular weight excluding hydrogens is 422 g/mol. The molecule has 1 saturated heterocycles. The summed E-state index contributed by atoms with van der Waals surface area (Å²) in [5.74, 6) is -1.51. The maximum absolute atomic E-state index is 14.1. The summed E-state index contributed by atoms with van der Waals surface area (Å²) in [7, 11) is 0. The molecule has 1 unspecified atom stereocenters. The Balaban J connectivity index is 1.42. The molecule has 0 N–H and O–H groups in total. The van der Waals surface area contributed by atoms with Crippen molar-refractivity contribution in [3.63, 3.8) is 0 Å². The lowest BCUT2D eigenvalue weighted by molar-refractivity contribution is 0.208. The molecule has 1 atom stereocenters. The minimum absolute atomic E-state index is 0.140. The number of fused-ring (bicyclic) bond motifs is 1. The average Bonchev–Trinajstić information content (AvgIpc) is 3.47. The first kappa shape index (κ1) is 21.1. The van der Waals surface area contributed by atoms with Gasteiger partial charge in [0, 0.05) is 35.1 Å². The third-order valence-electron chi connectivity index (χ3n) is 6.02. The van der Waals surface area contributed by atoms with Gasteiger partial charge in [-0.15, -0.1) is 5.10 Å². The van der Waals surface area contributed by atoms with E-state index in [1.165, 1.54) is 29.9 Å². The van der Waals surface area contributed by atoms with E-state index in [9.17, 15) is 8.78 Å². The van der Waals surface area contributed by atoms with Crippen LogP contribution in [0.15, 0.2) is 72.6 Å². The van der Waals surface area contributed by atoms with Crippen molar-refractivity contribution in [3.8, 4) is 17.1 Å². The highest BCUT2D eigenvalue weighted by Crippen LogP contribution is 2.31. The molecular formula is C26H24F2N4O. The smallest absolute Gasteiger partial charge is 0.232 e. The Morgan fingerprint density at radius 3 is 2.67 bits per heavy atom. The molecule has 1 aliphatic rings. The van der Waals surface area contributed by atoms with Crippen LogP contribution in [0.5, 0.6) is 5.88 Å². The van der Waals surface area contributed by atoms with Crippen LogP contribution in [-0.4, -0.2) is 21.1 Å². The molecule has 0 aliphatic carbocycles. The van der Waals surface area contributed by atoms with Crippen molar-refractivity contribution < 1.29 is 13.5 Å². The summed E-state index contributed by atoms with van der Waals surface area (Å²) in [5.41, 5.74) is 5.12. The van der Waals surface area contributed by atoms with Gasteiger partial charge in [-0.2, -0.15) is 0 Å². The fourth-order valence-corrected chi connectivity index (χ4v) is 4.30. The van der Waals surface area contributed by atoms with Crippen LogP contribution in [-0.2, 0) is 0 Å². The first-order valence-electron chi connectivity index (χ1n) is 11.0.